The Morgan fingerprint density at radius 2 is 1.92 bits per heavy atom. The summed E-state index contributed by atoms with van der Waals surface area (Å²) in [5, 5.41) is 2.71. The van der Waals surface area contributed by atoms with Gasteiger partial charge >= 0.3 is 6.18 Å². The van der Waals surface area contributed by atoms with Crippen LogP contribution in [0.1, 0.15) is 5.56 Å². The summed E-state index contributed by atoms with van der Waals surface area (Å²) in [6.45, 7) is 6.72. The molecule has 1 aromatic rings. The molecular formula is C16H21ClF3N3O. The topological polar surface area (TPSA) is 35.6 Å². The van der Waals surface area contributed by atoms with Crippen LogP contribution in [0.5, 0.6) is 0 Å². The van der Waals surface area contributed by atoms with Crippen LogP contribution < -0.4 is 10.2 Å². The molecule has 0 radical (unpaired) electrons. The molecule has 0 bridgehead atoms. The highest BCUT2D eigenvalue weighted by atomic mass is 35.5. The van der Waals surface area contributed by atoms with E-state index in [9.17, 15) is 18.0 Å². The Labute approximate surface area is 145 Å². The van der Waals surface area contributed by atoms with E-state index in [1.54, 1.807) is 12.1 Å². The number of nitrogens with zero attached hydrogens (tertiary/aromatic N) is 2. The minimum Gasteiger partial charge on any atom is -0.369 e. The molecule has 1 saturated heterocycles. The molecule has 0 unspecified atom stereocenters. The number of alkyl halides is 3. The molecule has 1 heterocycles. The van der Waals surface area contributed by atoms with Gasteiger partial charge in [-0.25, -0.2) is 0 Å². The highest BCUT2D eigenvalue weighted by molar-refractivity contribution is 5.85. The maximum Gasteiger partial charge on any atom is 0.416 e. The zero-order valence-corrected chi connectivity index (χ0v) is 14.0. The van der Waals surface area contributed by atoms with Crippen molar-refractivity contribution in [2.75, 3.05) is 44.2 Å². The van der Waals surface area contributed by atoms with E-state index in [2.05, 4.69) is 11.9 Å². The van der Waals surface area contributed by atoms with Crippen molar-refractivity contribution in [2.24, 2.45) is 0 Å². The van der Waals surface area contributed by atoms with Gasteiger partial charge in [-0.1, -0.05) is 12.1 Å². The average molecular weight is 364 g/mol. The third-order valence-electron chi connectivity index (χ3n) is 3.72. The van der Waals surface area contributed by atoms with Crippen molar-refractivity contribution in [3.63, 3.8) is 0 Å². The van der Waals surface area contributed by atoms with Crippen LogP contribution in [-0.2, 0) is 11.0 Å². The normalized spacial score (nSPS) is 15.5. The van der Waals surface area contributed by atoms with Crippen LogP contribution in [0.4, 0.5) is 18.9 Å². The lowest BCUT2D eigenvalue weighted by molar-refractivity contribution is -0.137. The van der Waals surface area contributed by atoms with E-state index in [1.807, 2.05) is 9.80 Å². The van der Waals surface area contributed by atoms with Crippen LogP contribution in [0.2, 0.25) is 0 Å². The first-order chi connectivity index (χ1) is 10.9. The molecule has 8 heteroatoms. The van der Waals surface area contributed by atoms with Gasteiger partial charge in [0.05, 0.1) is 12.1 Å². The Morgan fingerprint density at radius 1 is 1.25 bits per heavy atom. The van der Waals surface area contributed by atoms with E-state index in [0.29, 0.717) is 45.0 Å². The van der Waals surface area contributed by atoms with E-state index in [1.165, 1.54) is 12.1 Å². The zero-order valence-electron chi connectivity index (χ0n) is 13.2. The summed E-state index contributed by atoms with van der Waals surface area (Å²) < 4.78 is 38.3. The van der Waals surface area contributed by atoms with Gasteiger partial charge in [-0.3, -0.25) is 9.69 Å². The Hall–Kier alpha value is -1.73. The summed E-state index contributed by atoms with van der Waals surface area (Å²) in [5.74, 6) is -0.0718. The number of piperazine rings is 1. The average Bonchev–Trinajstić information content (AvgIpc) is 2.53. The Kier molecular flexibility index (Phi) is 7.57. The summed E-state index contributed by atoms with van der Waals surface area (Å²) in [7, 11) is 0. The van der Waals surface area contributed by atoms with Gasteiger partial charge < -0.3 is 10.2 Å². The predicted octanol–water partition coefficient (Wildman–Crippen LogP) is 2.55. The van der Waals surface area contributed by atoms with Crippen molar-refractivity contribution in [3.05, 3.63) is 42.5 Å². The Balaban J connectivity index is 0.00000288. The molecule has 134 valence electrons. The van der Waals surface area contributed by atoms with Crippen molar-refractivity contribution in [2.45, 2.75) is 6.18 Å². The standard InChI is InChI=1S/C16H20F3N3O.ClH/c1-2-6-20-15(23)12-21-7-9-22(10-8-21)14-5-3-4-13(11-14)16(17,18)19;/h2-5,11H,1,6-10,12H2,(H,20,23);1H. The minimum absolute atomic E-state index is 0. The van der Waals surface area contributed by atoms with Crippen LogP contribution in [-0.4, -0.2) is 50.1 Å². The van der Waals surface area contributed by atoms with Gasteiger partial charge in [-0.05, 0) is 18.2 Å². The predicted molar refractivity (Wildman–Crippen MR) is 90.6 cm³/mol. The number of benzene rings is 1. The van der Waals surface area contributed by atoms with Crippen LogP contribution in [0.15, 0.2) is 36.9 Å². The van der Waals surface area contributed by atoms with Gasteiger partial charge in [0.1, 0.15) is 0 Å². The number of hydrogen-bond donors (Lipinski definition) is 1. The molecule has 1 aliphatic heterocycles. The van der Waals surface area contributed by atoms with Crippen LogP contribution in [0.3, 0.4) is 0 Å². The number of anilines is 1. The molecular weight excluding hydrogens is 343 g/mol. The Bertz CT molecular complexity index is 558. The summed E-state index contributed by atoms with van der Waals surface area (Å²) >= 11 is 0. The quantitative estimate of drug-likeness (QED) is 0.817. The van der Waals surface area contributed by atoms with Crippen molar-refractivity contribution in [1.82, 2.24) is 10.2 Å². The third-order valence-corrected chi connectivity index (χ3v) is 3.72. The number of carbonyl (C=O) groups is 1. The lowest BCUT2D eigenvalue weighted by Gasteiger charge is -2.35. The molecule has 0 aliphatic carbocycles. The maximum absolute atomic E-state index is 12.8. The first kappa shape index (κ1) is 20.3. The van der Waals surface area contributed by atoms with Crippen LogP contribution in [0, 0.1) is 0 Å². The van der Waals surface area contributed by atoms with Crippen molar-refractivity contribution in [1.29, 1.82) is 0 Å². The number of carbonyl (C=O) groups excluding carboxylic acids is 1. The molecule has 0 aromatic heterocycles. The highest BCUT2D eigenvalue weighted by Gasteiger charge is 2.31. The number of nitrogens with one attached hydrogen (secondary N) is 1. The van der Waals surface area contributed by atoms with Crippen molar-refractivity contribution in [3.8, 4) is 0 Å². The second kappa shape index (κ2) is 8.94. The van der Waals surface area contributed by atoms with E-state index < -0.39 is 11.7 Å². The maximum atomic E-state index is 12.8. The number of amides is 1. The van der Waals surface area contributed by atoms with Gasteiger partial charge in [0.2, 0.25) is 5.91 Å². The highest BCUT2D eigenvalue weighted by Crippen LogP contribution is 2.31. The molecule has 2 rings (SSSR count). The Morgan fingerprint density at radius 3 is 2.50 bits per heavy atom. The summed E-state index contributed by atoms with van der Waals surface area (Å²) in [6, 6.07) is 5.35. The first-order valence-corrected chi connectivity index (χ1v) is 7.42. The monoisotopic (exact) mass is 363 g/mol. The van der Waals surface area contributed by atoms with Crippen molar-refractivity contribution >= 4 is 24.0 Å². The first-order valence-electron chi connectivity index (χ1n) is 7.42. The second-order valence-electron chi connectivity index (χ2n) is 5.40. The smallest absolute Gasteiger partial charge is 0.369 e. The molecule has 24 heavy (non-hydrogen) atoms. The van der Waals surface area contributed by atoms with Crippen molar-refractivity contribution < 1.29 is 18.0 Å². The lowest BCUT2D eigenvalue weighted by Crippen LogP contribution is -2.49. The second-order valence-corrected chi connectivity index (χ2v) is 5.40. The molecule has 1 aromatic carbocycles. The third kappa shape index (κ3) is 5.72. The minimum atomic E-state index is -4.33. The zero-order chi connectivity index (χ0) is 16.9. The summed E-state index contributed by atoms with van der Waals surface area (Å²) in [4.78, 5) is 15.5. The molecule has 0 spiro atoms. The van der Waals surface area contributed by atoms with Crippen LogP contribution >= 0.6 is 12.4 Å². The molecule has 1 N–H and O–H groups in total. The van der Waals surface area contributed by atoms with E-state index in [4.69, 9.17) is 0 Å². The summed E-state index contributed by atoms with van der Waals surface area (Å²) in [6.07, 6.45) is -2.72. The number of halogens is 4. The molecule has 1 fully saturated rings. The van der Waals surface area contributed by atoms with Gasteiger partial charge in [0.25, 0.3) is 0 Å². The molecule has 0 atom stereocenters. The largest absolute Gasteiger partial charge is 0.416 e. The summed E-state index contributed by atoms with van der Waals surface area (Å²) in [5.41, 5.74) is -0.0724. The van der Waals surface area contributed by atoms with Gasteiger partial charge in [-0.2, -0.15) is 13.2 Å². The fourth-order valence-electron chi connectivity index (χ4n) is 2.49. The molecule has 1 amide bonds. The fraction of sp³-hybridized carbons (Fsp3) is 0.438. The number of hydrogen-bond acceptors (Lipinski definition) is 3. The van der Waals surface area contributed by atoms with Crippen LogP contribution in [0.25, 0.3) is 0 Å². The SMILES string of the molecule is C=CCNC(=O)CN1CCN(c2cccc(C(F)(F)F)c2)CC1.Cl. The van der Waals surface area contributed by atoms with Gasteiger partial charge in [0, 0.05) is 38.4 Å². The van der Waals surface area contributed by atoms with E-state index in [-0.39, 0.29) is 18.3 Å². The van der Waals surface area contributed by atoms with Gasteiger partial charge in [-0.15, -0.1) is 19.0 Å². The number of rotatable bonds is 5. The molecule has 0 saturated carbocycles. The molecule has 4 nitrogen and oxygen atoms in total. The molecule has 1 aliphatic rings. The van der Waals surface area contributed by atoms with E-state index >= 15 is 0 Å². The van der Waals surface area contributed by atoms with E-state index in [0.717, 1.165) is 6.07 Å². The lowest BCUT2D eigenvalue weighted by atomic mass is 10.1. The van der Waals surface area contributed by atoms with Gasteiger partial charge in [0.15, 0.2) is 0 Å². The fourth-order valence-corrected chi connectivity index (χ4v) is 2.49.